The normalized spacial score (nSPS) is 13.2. The average molecular weight is 180 g/mol. The molecule has 1 aromatic heterocycles. The molecule has 0 saturated heterocycles. The van der Waals surface area contributed by atoms with Gasteiger partial charge in [0.25, 0.3) is 0 Å². The first-order valence-electron chi connectivity index (χ1n) is 5.17. The van der Waals surface area contributed by atoms with Crippen LogP contribution in [-0.2, 0) is 6.54 Å². The molecule has 0 spiro atoms. The summed E-state index contributed by atoms with van der Waals surface area (Å²) in [6.07, 6.45) is 5.55. The van der Waals surface area contributed by atoms with Gasteiger partial charge in [-0.1, -0.05) is 6.92 Å². The van der Waals surface area contributed by atoms with Gasteiger partial charge in [0.1, 0.15) is 0 Å². The third-order valence-electron chi connectivity index (χ3n) is 2.34. The second-order valence-electron chi connectivity index (χ2n) is 3.45. The minimum atomic E-state index is 0.479. The van der Waals surface area contributed by atoms with Gasteiger partial charge in [-0.15, -0.1) is 0 Å². The highest BCUT2D eigenvalue weighted by atomic mass is 14.9. The molecule has 0 bridgehead atoms. The van der Waals surface area contributed by atoms with E-state index in [1.165, 1.54) is 12.0 Å². The molecule has 0 fully saturated rings. The zero-order valence-corrected chi connectivity index (χ0v) is 8.88. The minimum absolute atomic E-state index is 0.479. The van der Waals surface area contributed by atoms with Crippen LogP contribution >= 0.6 is 0 Å². The number of hydrogen-bond acceptors (Lipinski definition) is 1. The van der Waals surface area contributed by atoms with Crippen molar-refractivity contribution in [1.82, 2.24) is 9.88 Å². The molecule has 0 amide bonds. The van der Waals surface area contributed by atoms with Gasteiger partial charge in [-0.05, 0) is 38.4 Å². The Morgan fingerprint density at radius 1 is 1.46 bits per heavy atom. The van der Waals surface area contributed by atoms with E-state index in [4.69, 9.17) is 0 Å². The van der Waals surface area contributed by atoms with Crippen molar-refractivity contribution >= 4 is 0 Å². The fourth-order valence-corrected chi connectivity index (χ4v) is 1.39. The van der Waals surface area contributed by atoms with Crippen molar-refractivity contribution in [2.24, 2.45) is 0 Å². The van der Waals surface area contributed by atoms with E-state index in [2.05, 4.69) is 49.1 Å². The van der Waals surface area contributed by atoms with Gasteiger partial charge in [-0.2, -0.15) is 0 Å². The molecule has 1 aromatic rings. The first-order chi connectivity index (χ1) is 6.27. The van der Waals surface area contributed by atoms with Gasteiger partial charge in [0.05, 0.1) is 0 Å². The molecule has 1 rings (SSSR count). The Bertz CT molecular complexity index is 240. The Kier molecular flexibility index (Phi) is 4.03. The van der Waals surface area contributed by atoms with Gasteiger partial charge in [-0.3, -0.25) is 0 Å². The zero-order valence-electron chi connectivity index (χ0n) is 8.88. The first-order valence-corrected chi connectivity index (χ1v) is 5.17. The second kappa shape index (κ2) is 5.07. The summed E-state index contributed by atoms with van der Waals surface area (Å²) in [4.78, 5) is 0. The van der Waals surface area contributed by atoms with E-state index in [0.717, 1.165) is 13.1 Å². The number of nitrogens with zero attached hydrogens (tertiary/aromatic N) is 1. The fourth-order valence-electron chi connectivity index (χ4n) is 1.39. The molecule has 2 nitrogen and oxygen atoms in total. The third-order valence-corrected chi connectivity index (χ3v) is 2.34. The lowest BCUT2D eigenvalue weighted by molar-refractivity contribution is 0.569. The Morgan fingerprint density at radius 3 is 2.77 bits per heavy atom. The monoisotopic (exact) mass is 180 g/mol. The Labute approximate surface area is 81.0 Å². The Hall–Kier alpha value is -0.760. The lowest BCUT2D eigenvalue weighted by Gasteiger charge is -2.10. The largest absolute Gasteiger partial charge is 0.354 e. The van der Waals surface area contributed by atoms with Crippen molar-refractivity contribution in [2.75, 3.05) is 6.54 Å². The van der Waals surface area contributed by atoms with Gasteiger partial charge in [0, 0.05) is 25.0 Å². The summed E-state index contributed by atoms with van der Waals surface area (Å²) in [5.74, 6) is 0. The summed E-state index contributed by atoms with van der Waals surface area (Å²) in [5, 5.41) is 3.47. The predicted molar refractivity (Wildman–Crippen MR) is 56.8 cm³/mol. The summed E-state index contributed by atoms with van der Waals surface area (Å²) in [5.41, 5.74) is 1.38. The standard InChI is InChI=1S/C11H20N2/c1-4-7-12-10(3)11-6-8-13(5-2)9-11/h6,8-10,12H,4-5,7H2,1-3H3. The van der Waals surface area contributed by atoms with E-state index in [0.29, 0.717) is 6.04 Å². The number of nitrogens with one attached hydrogen (secondary N) is 1. The van der Waals surface area contributed by atoms with E-state index in [9.17, 15) is 0 Å². The zero-order chi connectivity index (χ0) is 9.68. The van der Waals surface area contributed by atoms with Crippen molar-refractivity contribution in [2.45, 2.75) is 39.8 Å². The first kappa shape index (κ1) is 10.3. The molecule has 0 aromatic carbocycles. The number of aromatic nitrogens is 1. The van der Waals surface area contributed by atoms with Gasteiger partial charge in [-0.25, -0.2) is 0 Å². The third kappa shape index (κ3) is 2.88. The van der Waals surface area contributed by atoms with Crippen LogP contribution in [0.3, 0.4) is 0 Å². The smallest absolute Gasteiger partial charge is 0.0306 e. The maximum absolute atomic E-state index is 3.47. The second-order valence-corrected chi connectivity index (χ2v) is 3.45. The molecule has 0 aliphatic heterocycles. The number of hydrogen-bond donors (Lipinski definition) is 1. The Morgan fingerprint density at radius 2 is 2.23 bits per heavy atom. The lowest BCUT2D eigenvalue weighted by Crippen LogP contribution is -2.18. The highest BCUT2D eigenvalue weighted by Crippen LogP contribution is 2.12. The molecule has 1 atom stereocenters. The van der Waals surface area contributed by atoms with Crippen LogP contribution in [0.4, 0.5) is 0 Å². The van der Waals surface area contributed by atoms with Crippen molar-refractivity contribution in [3.63, 3.8) is 0 Å². The van der Waals surface area contributed by atoms with E-state index < -0.39 is 0 Å². The van der Waals surface area contributed by atoms with Crippen LogP contribution in [0.1, 0.15) is 38.8 Å². The van der Waals surface area contributed by atoms with E-state index in [1.807, 2.05) is 0 Å². The molecule has 1 N–H and O–H groups in total. The predicted octanol–water partition coefficient (Wildman–Crippen LogP) is 2.57. The summed E-state index contributed by atoms with van der Waals surface area (Å²) in [6, 6.07) is 2.67. The Balaban J connectivity index is 2.50. The molecule has 1 unspecified atom stereocenters. The molecular weight excluding hydrogens is 160 g/mol. The fraction of sp³-hybridized carbons (Fsp3) is 0.636. The van der Waals surface area contributed by atoms with Crippen molar-refractivity contribution in [3.05, 3.63) is 24.0 Å². The topological polar surface area (TPSA) is 17.0 Å². The van der Waals surface area contributed by atoms with Crippen LogP contribution in [0, 0.1) is 0 Å². The lowest BCUT2D eigenvalue weighted by atomic mass is 10.2. The van der Waals surface area contributed by atoms with Crippen molar-refractivity contribution in [1.29, 1.82) is 0 Å². The highest BCUT2D eigenvalue weighted by Gasteiger charge is 2.04. The van der Waals surface area contributed by atoms with Gasteiger partial charge in [0.2, 0.25) is 0 Å². The van der Waals surface area contributed by atoms with Crippen molar-refractivity contribution in [3.8, 4) is 0 Å². The van der Waals surface area contributed by atoms with Crippen LogP contribution in [0.25, 0.3) is 0 Å². The van der Waals surface area contributed by atoms with Gasteiger partial charge in [0.15, 0.2) is 0 Å². The van der Waals surface area contributed by atoms with Gasteiger partial charge < -0.3 is 9.88 Å². The molecular formula is C11H20N2. The summed E-state index contributed by atoms with van der Waals surface area (Å²) in [7, 11) is 0. The molecule has 2 heteroatoms. The quantitative estimate of drug-likeness (QED) is 0.737. The number of rotatable bonds is 5. The summed E-state index contributed by atoms with van der Waals surface area (Å²) in [6.45, 7) is 8.72. The molecule has 13 heavy (non-hydrogen) atoms. The maximum Gasteiger partial charge on any atom is 0.0306 e. The molecule has 74 valence electrons. The summed E-state index contributed by atoms with van der Waals surface area (Å²) >= 11 is 0. The molecule has 0 aliphatic rings. The van der Waals surface area contributed by atoms with E-state index in [-0.39, 0.29) is 0 Å². The van der Waals surface area contributed by atoms with E-state index in [1.54, 1.807) is 0 Å². The van der Waals surface area contributed by atoms with Gasteiger partial charge >= 0.3 is 0 Å². The van der Waals surface area contributed by atoms with Crippen LogP contribution < -0.4 is 5.32 Å². The van der Waals surface area contributed by atoms with Crippen molar-refractivity contribution < 1.29 is 0 Å². The van der Waals surface area contributed by atoms with Crippen LogP contribution in [0.2, 0.25) is 0 Å². The van der Waals surface area contributed by atoms with Crippen LogP contribution in [0.15, 0.2) is 18.5 Å². The molecule has 0 radical (unpaired) electrons. The number of aryl methyl sites for hydroxylation is 1. The molecule has 0 saturated carbocycles. The molecule has 1 heterocycles. The highest BCUT2D eigenvalue weighted by molar-refractivity contribution is 5.14. The SMILES string of the molecule is CCCNC(C)c1ccn(CC)c1. The minimum Gasteiger partial charge on any atom is -0.354 e. The maximum atomic E-state index is 3.47. The average Bonchev–Trinajstić information content (AvgIpc) is 2.62. The molecule has 0 aliphatic carbocycles. The van der Waals surface area contributed by atoms with Crippen LogP contribution in [-0.4, -0.2) is 11.1 Å². The van der Waals surface area contributed by atoms with Crippen LogP contribution in [0.5, 0.6) is 0 Å². The summed E-state index contributed by atoms with van der Waals surface area (Å²) < 4.78 is 2.21. The van der Waals surface area contributed by atoms with E-state index >= 15 is 0 Å².